The topological polar surface area (TPSA) is 105 Å². The monoisotopic (exact) mass is 565 g/mol. The van der Waals surface area contributed by atoms with Crippen LogP contribution in [0, 0.1) is 11.3 Å². The Kier molecular flexibility index (Phi) is 8.76. The molecule has 0 atom stereocenters. The van der Waals surface area contributed by atoms with Crippen LogP contribution in [0.4, 0.5) is 5.69 Å². The largest absolute Gasteiger partial charge is 0.456 e. The second-order valence-electron chi connectivity index (χ2n) is 11.8. The molecule has 8 nitrogen and oxygen atoms in total. The van der Waals surface area contributed by atoms with Crippen molar-refractivity contribution in [3.8, 4) is 17.4 Å². The molecule has 40 heavy (non-hydrogen) atoms. The van der Waals surface area contributed by atoms with E-state index in [4.69, 9.17) is 13.9 Å². The fourth-order valence-corrected chi connectivity index (χ4v) is 6.19. The average molecular weight is 566 g/mol. The molecule has 3 aromatic rings. The van der Waals surface area contributed by atoms with Crippen molar-refractivity contribution in [1.29, 1.82) is 5.26 Å². The fraction of sp³-hybridized carbons (Fsp3) is 0.452. The highest BCUT2D eigenvalue weighted by atomic mass is 32.2. The third kappa shape index (κ3) is 7.32. The van der Waals surface area contributed by atoms with Crippen LogP contribution in [-0.2, 0) is 19.5 Å². The van der Waals surface area contributed by atoms with E-state index in [0.29, 0.717) is 24.5 Å². The zero-order chi connectivity index (χ0) is 29.1. The number of nitrogens with zero attached hydrogens (tertiary/aromatic N) is 2. The normalized spacial score (nSPS) is 15.7. The molecule has 0 aliphatic carbocycles. The number of hydrogen-bond acceptors (Lipinski definition) is 7. The number of nitrogens with one attached hydrogen (secondary N) is 1. The van der Waals surface area contributed by atoms with Crippen molar-refractivity contribution >= 4 is 32.1 Å². The van der Waals surface area contributed by atoms with E-state index in [9.17, 15) is 13.7 Å². The lowest BCUT2D eigenvalue weighted by atomic mass is 10.0. The first-order chi connectivity index (χ1) is 18.8. The molecule has 1 aromatic heterocycles. The van der Waals surface area contributed by atoms with Crippen LogP contribution < -0.4 is 9.62 Å². The molecule has 0 unspecified atom stereocenters. The summed E-state index contributed by atoms with van der Waals surface area (Å²) in [7, 11) is -4.10. The Balaban J connectivity index is 1.54. The van der Waals surface area contributed by atoms with Crippen LogP contribution in [0.25, 0.3) is 27.7 Å². The molecule has 0 radical (unpaired) electrons. The number of hydrogen-bond donors (Lipinski definition) is 1. The van der Waals surface area contributed by atoms with Gasteiger partial charge in [0.05, 0.1) is 18.8 Å². The van der Waals surface area contributed by atoms with Crippen LogP contribution in [0.15, 0.2) is 57.9 Å². The van der Waals surface area contributed by atoms with Gasteiger partial charge in [0.25, 0.3) is 10.0 Å². The van der Waals surface area contributed by atoms with Crippen LogP contribution in [0.2, 0.25) is 0 Å². The summed E-state index contributed by atoms with van der Waals surface area (Å²) in [5.74, 6) is 0.921. The van der Waals surface area contributed by atoms with E-state index in [2.05, 4.69) is 33.9 Å². The Bertz CT molecular complexity index is 1530. The van der Waals surface area contributed by atoms with Crippen molar-refractivity contribution in [2.24, 2.45) is 0 Å². The summed E-state index contributed by atoms with van der Waals surface area (Å²) >= 11 is 0. The predicted octanol–water partition coefficient (Wildman–Crippen LogP) is 6.09. The molecule has 1 saturated heterocycles. The van der Waals surface area contributed by atoms with Gasteiger partial charge in [-0.25, -0.2) is 13.1 Å². The SMILES string of the molecule is C/C(=C(/C#N)S(=O)(=O)NC(C)(C)CCOC(C)(C)C)c1ccc(-c2ccc3cc(N4CCOCC4)ccc3c2)o1. The molecule has 9 heteroatoms. The Hall–Kier alpha value is -3.16. The van der Waals surface area contributed by atoms with E-state index >= 15 is 0 Å². The maximum Gasteiger partial charge on any atom is 0.251 e. The number of morpholine rings is 1. The van der Waals surface area contributed by atoms with Crippen molar-refractivity contribution in [2.75, 3.05) is 37.8 Å². The number of benzene rings is 2. The van der Waals surface area contributed by atoms with Gasteiger partial charge in [-0.15, -0.1) is 0 Å². The third-order valence-electron chi connectivity index (χ3n) is 6.84. The summed E-state index contributed by atoms with van der Waals surface area (Å²) in [6.45, 7) is 14.6. The summed E-state index contributed by atoms with van der Waals surface area (Å²) < 4.78 is 46.4. The van der Waals surface area contributed by atoms with Crippen LogP contribution in [0.3, 0.4) is 0 Å². The molecule has 1 N–H and O–H groups in total. The molecule has 2 heterocycles. The quantitative estimate of drug-likeness (QED) is 0.313. The Labute approximate surface area is 237 Å². The molecule has 0 bridgehead atoms. The minimum atomic E-state index is -4.10. The maximum absolute atomic E-state index is 13.2. The minimum absolute atomic E-state index is 0.249. The van der Waals surface area contributed by atoms with Crippen LogP contribution in [0.5, 0.6) is 0 Å². The van der Waals surface area contributed by atoms with Gasteiger partial charge in [-0.05, 0) is 89.1 Å². The lowest BCUT2D eigenvalue weighted by Gasteiger charge is -2.29. The summed E-state index contributed by atoms with van der Waals surface area (Å²) in [5.41, 5.74) is 1.16. The van der Waals surface area contributed by atoms with Gasteiger partial charge in [-0.2, -0.15) is 5.26 Å². The first kappa shape index (κ1) is 29.8. The van der Waals surface area contributed by atoms with Gasteiger partial charge in [0, 0.05) is 42.1 Å². The Morgan fingerprint density at radius 2 is 1.70 bits per heavy atom. The summed E-state index contributed by atoms with van der Waals surface area (Å²) in [6, 6.07) is 17.9. The van der Waals surface area contributed by atoms with Gasteiger partial charge >= 0.3 is 0 Å². The van der Waals surface area contributed by atoms with Crippen LogP contribution >= 0.6 is 0 Å². The first-order valence-electron chi connectivity index (χ1n) is 13.5. The lowest BCUT2D eigenvalue weighted by molar-refractivity contribution is -0.0102. The van der Waals surface area contributed by atoms with E-state index in [1.54, 1.807) is 32.9 Å². The van der Waals surface area contributed by atoms with E-state index < -0.39 is 15.6 Å². The lowest BCUT2D eigenvalue weighted by Crippen LogP contribution is -2.45. The highest BCUT2D eigenvalue weighted by molar-refractivity contribution is 7.94. The number of furan rings is 1. The first-order valence-corrected chi connectivity index (χ1v) is 15.0. The highest BCUT2D eigenvalue weighted by Crippen LogP contribution is 2.32. The summed E-state index contributed by atoms with van der Waals surface area (Å²) in [4.78, 5) is 1.95. The number of sulfonamides is 1. The number of nitriles is 1. The van der Waals surface area contributed by atoms with Crippen molar-refractivity contribution in [3.63, 3.8) is 0 Å². The molecule has 214 valence electrons. The summed E-state index contributed by atoms with van der Waals surface area (Å²) in [5, 5.41) is 12.0. The van der Waals surface area contributed by atoms with Gasteiger partial charge in [-0.3, -0.25) is 0 Å². The van der Waals surface area contributed by atoms with Gasteiger partial charge in [0.1, 0.15) is 17.6 Å². The fourth-order valence-electron chi connectivity index (χ4n) is 4.63. The molecule has 0 amide bonds. The molecule has 1 aliphatic heterocycles. The zero-order valence-corrected chi connectivity index (χ0v) is 25.0. The Morgan fingerprint density at radius 1 is 1.02 bits per heavy atom. The smallest absolute Gasteiger partial charge is 0.251 e. The van der Waals surface area contributed by atoms with Crippen molar-refractivity contribution < 1.29 is 22.3 Å². The van der Waals surface area contributed by atoms with E-state index in [1.165, 1.54) is 5.69 Å². The van der Waals surface area contributed by atoms with Gasteiger partial charge in [0.2, 0.25) is 0 Å². The molecular weight excluding hydrogens is 526 g/mol. The predicted molar refractivity (Wildman–Crippen MR) is 159 cm³/mol. The second kappa shape index (κ2) is 11.8. The molecular formula is C31H39N3O5S. The Morgan fingerprint density at radius 3 is 2.38 bits per heavy atom. The number of fused-ring (bicyclic) bond motifs is 1. The molecule has 4 rings (SSSR count). The molecule has 0 saturated carbocycles. The van der Waals surface area contributed by atoms with E-state index in [1.807, 2.05) is 39.0 Å². The number of ether oxygens (including phenoxy) is 2. The second-order valence-corrected chi connectivity index (χ2v) is 13.4. The average Bonchev–Trinajstić information content (AvgIpc) is 3.38. The number of allylic oxidation sites excluding steroid dienone is 2. The number of anilines is 1. The molecule has 0 spiro atoms. The minimum Gasteiger partial charge on any atom is -0.456 e. The van der Waals surface area contributed by atoms with E-state index in [0.717, 1.165) is 42.6 Å². The van der Waals surface area contributed by atoms with Crippen LogP contribution in [-0.4, -0.2) is 52.5 Å². The van der Waals surface area contributed by atoms with Crippen molar-refractivity contribution in [2.45, 2.75) is 59.1 Å². The summed E-state index contributed by atoms with van der Waals surface area (Å²) in [6.07, 6.45) is 0.446. The molecule has 2 aromatic carbocycles. The van der Waals surface area contributed by atoms with Gasteiger partial charge in [0.15, 0.2) is 4.91 Å². The molecule has 1 fully saturated rings. The zero-order valence-electron chi connectivity index (χ0n) is 24.2. The highest BCUT2D eigenvalue weighted by Gasteiger charge is 2.30. The van der Waals surface area contributed by atoms with Gasteiger partial charge < -0.3 is 18.8 Å². The van der Waals surface area contributed by atoms with Crippen molar-refractivity contribution in [3.05, 3.63) is 59.2 Å². The maximum atomic E-state index is 13.2. The van der Waals surface area contributed by atoms with Crippen molar-refractivity contribution in [1.82, 2.24) is 4.72 Å². The standard InChI is InChI=1S/C31H39N3O5S/c1-22(29(21-32)40(35,36)33-31(5,6)13-16-38-30(2,3)4)27-11-12-28(39-27)25-8-7-24-20-26(10-9-23(24)19-25)34-14-17-37-18-15-34/h7-12,19-20,33H,13-18H2,1-6H3/b29-22+. The number of rotatable bonds is 9. The molecule has 1 aliphatic rings. The van der Waals surface area contributed by atoms with Crippen LogP contribution in [0.1, 0.15) is 53.7 Å². The third-order valence-corrected chi connectivity index (χ3v) is 8.60. The van der Waals surface area contributed by atoms with E-state index in [-0.39, 0.29) is 16.1 Å². The van der Waals surface area contributed by atoms with Gasteiger partial charge in [-0.1, -0.05) is 18.2 Å².